The molecule has 0 saturated heterocycles. The molecule has 272 valence electrons. The minimum Gasteiger partial charge on any atom is -0.228 e. The first kappa shape index (κ1) is 34.6. The molecule has 0 bridgehead atoms. The molecule has 0 spiro atoms. The summed E-state index contributed by atoms with van der Waals surface area (Å²) in [7, 11) is 0. The summed E-state index contributed by atoms with van der Waals surface area (Å²) in [6, 6.07) is 72.9. The van der Waals surface area contributed by atoms with Crippen LogP contribution in [0.1, 0.15) is 0 Å². The smallest absolute Gasteiger partial charge is 0.164 e. The Kier molecular flexibility index (Phi) is 9.14. The van der Waals surface area contributed by atoms with Crippen molar-refractivity contribution in [1.82, 2.24) is 24.9 Å². The molecule has 0 unspecified atom stereocenters. The van der Waals surface area contributed by atoms with E-state index in [-0.39, 0.29) is 0 Å². The minimum atomic E-state index is 0.621. The van der Waals surface area contributed by atoms with Gasteiger partial charge < -0.3 is 0 Å². The highest BCUT2D eigenvalue weighted by Gasteiger charge is 2.16. The number of hydrogen-bond donors (Lipinski definition) is 0. The van der Waals surface area contributed by atoms with Gasteiger partial charge in [0.25, 0.3) is 0 Å². The van der Waals surface area contributed by atoms with Gasteiger partial charge in [-0.05, 0) is 51.2 Å². The maximum absolute atomic E-state index is 5.12. The van der Waals surface area contributed by atoms with Crippen molar-refractivity contribution < 1.29 is 0 Å². The van der Waals surface area contributed by atoms with Crippen molar-refractivity contribution in [3.05, 3.63) is 212 Å². The van der Waals surface area contributed by atoms with Crippen LogP contribution in [-0.2, 0) is 0 Å². The van der Waals surface area contributed by atoms with E-state index in [2.05, 4.69) is 115 Å². The Morgan fingerprint density at radius 2 is 0.552 bits per heavy atom. The van der Waals surface area contributed by atoms with Gasteiger partial charge in [-0.3, -0.25) is 0 Å². The molecule has 2 heterocycles. The zero-order valence-electron chi connectivity index (χ0n) is 31.4. The molecule has 2 aromatic heterocycles. The van der Waals surface area contributed by atoms with E-state index in [1.54, 1.807) is 0 Å². The molecule has 0 amide bonds. The normalized spacial score (nSPS) is 11.1. The van der Waals surface area contributed by atoms with Gasteiger partial charge in [0.2, 0.25) is 0 Å². The van der Waals surface area contributed by atoms with Crippen molar-refractivity contribution in [3.8, 4) is 90.3 Å². The number of benzene rings is 8. The molecule has 0 aliphatic rings. The summed E-state index contributed by atoms with van der Waals surface area (Å²) < 4.78 is 0. The van der Waals surface area contributed by atoms with E-state index in [9.17, 15) is 0 Å². The topological polar surface area (TPSA) is 64.5 Å². The summed E-state index contributed by atoms with van der Waals surface area (Å²) in [6.45, 7) is 0. The van der Waals surface area contributed by atoms with Gasteiger partial charge in [0, 0.05) is 33.4 Å². The highest BCUT2D eigenvalue weighted by Crippen LogP contribution is 2.39. The van der Waals surface area contributed by atoms with Crippen LogP contribution in [0.3, 0.4) is 0 Å². The standard InChI is InChI=1S/C53H35N5/c1-5-17-36(18-6-1)47-35-48(37-19-7-2-8-20-37)55-52(54-47)43-29-13-27-41(33-43)45-31-15-25-38-26-16-32-46(49(38)45)42-28-14-30-44(34-42)53-57-50(39-21-9-3-10-22-39)56-51(58-53)40-23-11-4-12-24-40/h1-35H. The molecule has 0 saturated carbocycles. The SMILES string of the molecule is c1ccc(-c2cc(-c3ccccc3)nc(-c3cccc(-c4cccc5cccc(-c6cccc(-c7nc(-c8ccccc8)nc(-c8ccccc8)n7)c6)c45)c3)n2)cc1. The average molecular weight is 742 g/mol. The van der Waals surface area contributed by atoms with Crippen LogP contribution < -0.4 is 0 Å². The van der Waals surface area contributed by atoms with Crippen molar-refractivity contribution in [3.63, 3.8) is 0 Å². The zero-order chi connectivity index (χ0) is 38.7. The first-order chi connectivity index (χ1) is 28.7. The molecule has 5 heteroatoms. The molecule has 8 aromatic carbocycles. The zero-order valence-corrected chi connectivity index (χ0v) is 31.4. The molecule has 10 rings (SSSR count). The summed E-state index contributed by atoms with van der Waals surface area (Å²) >= 11 is 0. The summed E-state index contributed by atoms with van der Waals surface area (Å²) in [5, 5.41) is 2.31. The van der Waals surface area contributed by atoms with E-state index in [1.807, 2.05) is 97.1 Å². The lowest BCUT2D eigenvalue weighted by Crippen LogP contribution is -2.00. The molecular weight excluding hydrogens is 707 g/mol. The fourth-order valence-corrected chi connectivity index (χ4v) is 7.50. The van der Waals surface area contributed by atoms with Crippen LogP contribution >= 0.6 is 0 Å². The lowest BCUT2D eigenvalue weighted by molar-refractivity contribution is 1.07. The third-order valence-electron chi connectivity index (χ3n) is 10.3. The van der Waals surface area contributed by atoms with Gasteiger partial charge in [-0.1, -0.05) is 194 Å². The number of aromatic nitrogens is 5. The third kappa shape index (κ3) is 6.93. The summed E-state index contributed by atoms with van der Waals surface area (Å²) in [5.41, 5.74) is 12.0. The Labute approximate surface area is 337 Å². The summed E-state index contributed by atoms with van der Waals surface area (Å²) in [4.78, 5) is 25.2. The van der Waals surface area contributed by atoms with Crippen molar-refractivity contribution in [2.75, 3.05) is 0 Å². The fraction of sp³-hybridized carbons (Fsp3) is 0. The van der Waals surface area contributed by atoms with E-state index in [0.717, 1.165) is 77.8 Å². The van der Waals surface area contributed by atoms with Crippen molar-refractivity contribution >= 4 is 10.8 Å². The highest BCUT2D eigenvalue weighted by molar-refractivity contribution is 6.07. The summed E-state index contributed by atoms with van der Waals surface area (Å²) in [5.74, 6) is 2.57. The van der Waals surface area contributed by atoms with Crippen molar-refractivity contribution in [2.24, 2.45) is 0 Å². The van der Waals surface area contributed by atoms with E-state index in [0.29, 0.717) is 23.3 Å². The predicted octanol–water partition coefficient (Wildman–Crippen LogP) is 13.2. The Morgan fingerprint density at radius 1 is 0.224 bits per heavy atom. The van der Waals surface area contributed by atoms with Crippen LogP contribution in [0, 0.1) is 0 Å². The van der Waals surface area contributed by atoms with E-state index >= 15 is 0 Å². The molecule has 5 nitrogen and oxygen atoms in total. The van der Waals surface area contributed by atoms with Crippen LogP contribution in [0.4, 0.5) is 0 Å². The Morgan fingerprint density at radius 3 is 0.983 bits per heavy atom. The maximum Gasteiger partial charge on any atom is 0.164 e. The van der Waals surface area contributed by atoms with Crippen molar-refractivity contribution in [2.45, 2.75) is 0 Å². The Hall–Kier alpha value is -7.89. The Balaban J connectivity index is 1.09. The highest BCUT2D eigenvalue weighted by atomic mass is 15.0. The lowest BCUT2D eigenvalue weighted by atomic mass is 9.90. The molecule has 0 aliphatic heterocycles. The van der Waals surface area contributed by atoms with Gasteiger partial charge in [0.05, 0.1) is 11.4 Å². The van der Waals surface area contributed by atoms with Crippen LogP contribution in [0.15, 0.2) is 212 Å². The fourth-order valence-electron chi connectivity index (χ4n) is 7.50. The van der Waals surface area contributed by atoms with E-state index in [1.165, 1.54) is 0 Å². The van der Waals surface area contributed by atoms with Gasteiger partial charge in [0.15, 0.2) is 23.3 Å². The third-order valence-corrected chi connectivity index (χ3v) is 10.3. The largest absolute Gasteiger partial charge is 0.228 e. The average Bonchev–Trinajstić information content (AvgIpc) is 3.32. The van der Waals surface area contributed by atoms with E-state index in [4.69, 9.17) is 24.9 Å². The quantitative estimate of drug-likeness (QED) is 0.155. The molecule has 0 N–H and O–H groups in total. The first-order valence-corrected chi connectivity index (χ1v) is 19.3. The van der Waals surface area contributed by atoms with Gasteiger partial charge in [0.1, 0.15) is 0 Å². The number of nitrogens with zero attached hydrogens (tertiary/aromatic N) is 5. The Bertz CT molecular complexity index is 2720. The van der Waals surface area contributed by atoms with Gasteiger partial charge in [-0.25, -0.2) is 24.9 Å². The van der Waals surface area contributed by atoms with Gasteiger partial charge in [-0.2, -0.15) is 0 Å². The minimum absolute atomic E-state index is 0.621. The second-order valence-corrected chi connectivity index (χ2v) is 14.1. The first-order valence-electron chi connectivity index (χ1n) is 19.3. The van der Waals surface area contributed by atoms with Crippen molar-refractivity contribution in [1.29, 1.82) is 0 Å². The molecule has 58 heavy (non-hydrogen) atoms. The van der Waals surface area contributed by atoms with Crippen LogP contribution in [0.25, 0.3) is 101 Å². The number of fused-ring (bicyclic) bond motifs is 1. The second-order valence-electron chi connectivity index (χ2n) is 14.1. The van der Waals surface area contributed by atoms with Crippen LogP contribution in [0.2, 0.25) is 0 Å². The van der Waals surface area contributed by atoms with Gasteiger partial charge in [-0.15, -0.1) is 0 Å². The summed E-state index contributed by atoms with van der Waals surface area (Å²) in [6.07, 6.45) is 0. The van der Waals surface area contributed by atoms with Gasteiger partial charge >= 0.3 is 0 Å². The molecule has 0 radical (unpaired) electrons. The molecular formula is C53H35N5. The maximum atomic E-state index is 5.12. The molecule has 0 fully saturated rings. The molecule has 0 aliphatic carbocycles. The van der Waals surface area contributed by atoms with E-state index < -0.39 is 0 Å². The molecule has 10 aromatic rings. The number of rotatable bonds is 8. The number of hydrogen-bond acceptors (Lipinski definition) is 5. The predicted molar refractivity (Wildman–Crippen MR) is 236 cm³/mol. The molecule has 0 atom stereocenters. The van der Waals surface area contributed by atoms with Crippen LogP contribution in [-0.4, -0.2) is 24.9 Å². The monoisotopic (exact) mass is 741 g/mol. The lowest BCUT2D eigenvalue weighted by Gasteiger charge is -2.15. The van der Waals surface area contributed by atoms with Crippen LogP contribution in [0.5, 0.6) is 0 Å². The second kappa shape index (κ2) is 15.3.